The van der Waals surface area contributed by atoms with Crippen molar-refractivity contribution in [3.8, 4) is 27.9 Å². The van der Waals surface area contributed by atoms with Gasteiger partial charge in [0.05, 0.1) is 11.0 Å². The Kier molecular flexibility index (Phi) is 7.26. The molecular weight excluding hydrogens is 645 g/mol. The topological polar surface area (TPSA) is 21.3 Å². The molecule has 0 saturated heterocycles. The smallest absolute Gasteiger partial charge is 0.143 e. The Morgan fingerprint density at radius 2 is 1.11 bits per heavy atom. The third kappa shape index (κ3) is 5.20. The minimum atomic E-state index is 0.883. The van der Waals surface area contributed by atoms with Gasteiger partial charge in [-0.2, -0.15) is 0 Å². The van der Waals surface area contributed by atoms with E-state index in [9.17, 15) is 0 Å². The third-order valence-corrected chi connectivity index (χ3v) is 10.5. The summed E-state index contributed by atoms with van der Waals surface area (Å²) in [4.78, 5) is 2.40. The van der Waals surface area contributed by atoms with E-state index < -0.39 is 0 Å². The number of para-hydroxylation sites is 3. The first-order valence-corrected chi connectivity index (χ1v) is 18.2. The molecule has 0 atom stereocenters. The van der Waals surface area contributed by atoms with Crippen LogP contribution in [0.5, 0.6) is 0 Å². The fourth-order valence-electron chi connectivity index (χ4n) is 8.06. The molecule has 0 saturated carbocycles. The van der Waals surface area contributed by atoms with Crippen molar-refractivity contribution in [2.45, 2.75) is 13.8 Å². The molecule has 2 aromatic heterocycles. The minimum Gasteiger partial charge on any atom is -0.455 e. The first-order chi connectivity index (χ1) is 26.1. The molecule has 0 fully saturated rings. The first-order valence-electron chi connectivity index (χ1n) is 18.2. The lowest BCUT2D eigenvalue weighted by Gasteiger charge is -2.28. The van der Waals surface area contributed by atoms with E-state index in [-0.39, 0.29) is 0 Å². The van der Waals surface area contributed by atoms with Gasteiger partial charge in [0.15, 0.2) is 0 Å². The van der Waals surface area contributed by atoms with Gasteiger partial charge in [0, 0.05) is 49.9 Å². The molecule has 0 aliphatic heterocycles. The predicted molar refractivity (Wildman–Crippen MR) is 223 cm³/mol. The lowest BCUT2D eigenvalue weighted by Crippen LogP contribution is -2.12. The van der Waals surface area contributed by atoms with Crippen molar-refractivity contribution in [3.63, 3.8) is 0 Å². The Morgan fingerprint density at radius 1 is 0.453 bits per heavy atom. The van der Waals surface area contributed by atoms with Gasteiger partial charge in [-0.15, -0.1) is 0 Å². The van der Waals surface area contributed by atoms with Crippen LogP contribution in [-0.2, 0) is 0 Å². The second-order valence-electron chi connectivity index (χ2n) is 13.9. The number of anilines is 3. The van der Waals surface area contributed by atoms with Gasteiger partial charge in [-0.3, -0.25) is 0 Å². The lowest BCUT2D eigenvalue weighted by atomic mass is 9.98. The zero-order chi connectivity index (χ0) is 35.5. The van der Waals surface area contributed by atoms with Crippen molar-refractivity contribution in [2.75, 3.05) is 4.90 Å². The first kappa shape index (κ1) is 30.9. The van der Waals surface area contributed by atoms with E-state index in [1.807, 2.05) is 6.07 Å². The Labute approximate surface area is 308 Å². The molecule has 0 amide bonds. The molecule has 3 nitrogen and oxygen atoms in total. The van der Waals surface area contributed by atoms with Crippen LogP contribution in [0.15, 0.2) is 186 Å². The van der Waals surface area contributed by atoms with Gasteiger partial charge in [-0.05, 0) is 108 Å². The highest BCUT2D eigenvalue weighted by atomic mass is 16.3. The summed E-state index contributed by atoms with van der Waals surface area (Å²) in [5.41, 5.74) is 15.6. The number of aryl methyl sites for hydroxylation is 2. The Bertz CT molecular complexity index is 2910. The van der Waals surface area contributed by atoms with E-state index in [1.165, 1.54) is 44.1 Å². The molecule has 53 heavy (non-hydrogen) atoms. The number of aromatic nitrogens is 1. The number of fused-ring (bicyclic) bond motifs is 6. The third-order valence-electron chi connectivity index (χ3n) is 10.5. The van der Waals surface area contributed by atoms with Crippen LogP contribution in [0, 0.1) is 13.8 Å². The maximum Gasteiger partial charge on any atom is 0.143 e. The highest BCUT2D eigenvalue weighted by molar-refractivity contribution is 6.12. The molecule has 0 aliphatic rings. The Hall–Kier alpha value is -6.84. The van der Waals surface area contributed by atoms with E-state index in [1.54, 1.807) is 0 Å². The monoisotopic (exact) mass is 680 g/mol. The second kappa shape index (κ2) is 12.4. The Morgan fingerprint density at radius 3 is 1.83 bits per heavy atom. The summed E-state index contributed by atoms with van der Waals surface area (Å²) in [6.45, 7) is 4.37. The summed E-state index contributed by atoms with van der Waals surface area (Å²) >= 11 is 0. The molecule has 8 aromatic carbocycles. The highest BCUT2D eigenvalue weighted by Crippen LogP contribution is 2.45. The zero-order valence-corrected chi connectivity index (χ0v) is 29.6. The van der Waals surface area contributed by atoms with E-state index in [0.717, 1.165) is 55.8 Å². The Balaban J connectivity index is 1.17. The fraction of sp³-hybridized carbons (Fsp3) is 0.0400. The van der Waals surface area contributed by atoms with Crippen LogP contribution >= 0.6 is 0 Å². The molecule has 0 spiro atoms. The number of nitrogens with zero attached hydrogens (tertiary/aromatic N) is 2. The molecular formula is C50H36N2O. The van der Waals surface area contributed by atoms with Gasteiger partial charge < -0.3 is 13.9 Å². The summed E-state index contributed by atoms with van der Waals surface area (Å²) in [6.07, 6.45) is 0. The van der Waals surface area contributed by atoms with Crippen LogP contribution in [0.1, 0.15) is 11.1 Å². The molecule has 0 radical (unpaired) electrons. The van der Waals surface area contributed by atoms with Gasteiger partial charge in [0.1, 0.15) is 11.2 Å². The maximum atomic E-state index is 6.69. The molecule has 0 N–H and O–H groups in total. The standard InChI is InChI=1S/C50H36N2O/c1-33-13-12-16-39(29-33)51(46-28-25-37(30-34(46)2)35-14-4-3-5-15-35)40-31-44(50-45(32-40)43-19-8-11-22-49(43)53-50)36-23-26-38(27-24-36)52-47-20-9-6-17-41(47)42-18-7-10-21-48(42)52/h3-32H,1-2H3. The molecule has 10 aromatic rings. The molecule has 0 unspecified atom stereocenters. The molecule has 0 bridgehead atoms. The predicted octanol–water partition coefficient (Wildman–Crippen LogP) is 14.1. The van der Waals surface area contributed by atoms with Crippen LogP contribution in [0.4, 0.5) is 17.1 Å². The van der Waals surface area contributed by atoms with Gasteiger partial charge >= 0.3 is 0 Å². The fourth-order valence-corrected chi connectivity index (χ4v) is 8.06. The molecule has 10 rings (SSSR count). The van der Waals surface area contributed by atoms with Crippen molar-refractivity contribution in [1.82, 2.24) is 4.57 Å². The summed E-state index contributed by atoms with van der Waals surface area (Å²) in [5, 5.41) is 4.71. The normalized spacial score (nSPS) is 11.6. The summed E-state index contributed by atoms with van der Waals surface area (Å²) in [5.74, 6) is 0. The average molecular weight is 681 g/mol. The SMILES string of the molecule is Cc1cccc(N(c2cc(-c3ccc(-n4c5ccccc5c5ccccc54)cc3)c3oc4ccccc4c3c2)c2ccc(-c3ccccc3)cc2C)c1. The van der Waals surface area contributed by atoms with Crippen LogP contribution < -0.4 is 4.90 Å². The van der Waals surface area contributed by atoms with Crippen LogP contribution in [0.3, 0.4) is 0 Å². The second-order valence-corrected chi connectivity index (χ2v) is 13.9. The molecule has 252 valence electrons. The van der Waals surface area contributed by atoms with Crippen molar-refractivity contribution in [2.24, 2.45) is 0 Å². The van der Waals surface area contributed by atoms with Crippen molar-refractivity contribution >= 4 is 60.8 Å². The largest absolute Gasteiger partial charge is 0.455 e. The van der Waals surface area contributed by atoms with Crippen molar-refractivity contribution in [3.05, 3.63) is 193 Å². The van der Waals surface area contributed by atoms with E-state index in [4.69, 9.17) is 4.42 Å². The summed E-state index contributed by atoms with van der Waals surface area (Å²) < 4.78 is 9.05. The molecule has 2 heterocycles. The minimum absolute atomic E-state index is 0.883. The number of furan rings is 1. The van der Waals surface area contributed by atoms with Crippen molar-refractivity contribution in [1.29, 1.82) is 0 Å². The number of hydrogen-bond donors (Lipinski definition) is 0. The molecule has 3 heteroatoms. The van der Waals surface area contributed by atoms with E-state index in [2.05, 4.69) is 199 Å². The number of rotatable bonds is 6. The highest BCUT2D eigenvalue weighted by Gasteiger charge is 2.21. The van der Waals surface area contributed by atoms with Crippen LogP contribution in [0.25, 0.3) is 71.7 Å². The summed E-state index contributed by atoms with van der Waals surface area (Å²) in [7, 11) is 0. The van der Waals surface area contributed by atoms with Crippen molar-refractivity contribution < 1.29 is 4.42 Å². The maximum absolute atomic E-state index is 6.69. The number of benzene rings is 8. The van der Waals surface area contributed by atoms with Gasteiger partial charge in [0.2, 0.25) is 0 Å². The molecule has 0 aliphatic carbocycles. The zero-order valence-electron chi connectivity index (χ0n) is 29.6. The van der Waals surface area contributed by atoms with Crippen LogP contribution in [0.2, 0.25) is 0 Å². The van der Waals surface area contributed by atoms with E-state index >= 15 is 0 Å². The quantitative estimate of drug-likeness (QED) is 0.174. The van der Waals surface area contributed by atoms with Gasteiger partial charge in [0.25, 0.3) is 0 Å². The van der Waals surface area contributed by atoms with E-state index in [0.29, 0.717) is 0 Å². The lowest BCUT2D eigenvalue weighted by molar-refractivity contribution is 0.670. The average Bonchev–Trinajstić information content (AvgIpc) is 3.75. The van der Waals surface area contributed by atoms with Gasteiger partial charge in [-0.25, -0.2) is 0 Å². The van der Waals surface area contributed by atoms with Crippen LogP contribution in [-0.4, -0.2) is 4.57 Å². The van der Waals surface area contributed by atoms with Gasteiger partial charge in [-0.1, -0.05) is 115 Å². The number of hydrogen-bond acceptors (Lipinski definition) is 2. The summed E-state index contributed by atoms with van der Waals surface area (Å²) in [6, 6.07) is 65.4.